The number of carbonyl (C=O) groups excluding carboxylic acids is 2. The Labute approximate surface area is 151 Å². The second kappa shape index (κ2) is 9.36. The number of rotatable bonds is 7. The lowest BCUT2D eigenvalue weighted by Crippen LogP contribution is -2.29. The van der Waals surface area contributed by atoms with Crippen LogP contribution in [-0.4, -0.2) is 33.9 Å². The number of carbonyl (C=O) groups is 2. The SMILES string of the molecule is CCSc1nnc(NC(=O)CCC(=O)O[C@@H]2CC[C@H](C)[C@@H](C)C2)s1. The summed E-state index contributed by atoms with van der Waals surface area (Å²) in [6.45, 7) is 6.47. The average Bonchev–Trinajstić information content (AvgIpc) is 2.96. The Hall–Kier alpha value is -1.15. The minimum absolute atomic E-state index is 0.00329. The van der Waals surface area contributed by atoms with Crippen LogP contribution >= 0.6 is 23.1 Å². The molecule has 1 N–H and O–H groups in total. The van der Waals surface area contributed by atoms with E-state index in [0.29, 0.717) is 17.0 Å². The van der Waals surface area contributed by atoms with Crippen LogP contribution in [0, 0.1) is 11.8 Å². The van der Waals surface area contributed by atoms with E-state index in [2.05, 4.69) is 29.4 Å². The number of hydrogen-bond acceptors (Lipinski definition) is 7. The standard InChI is InChI=1S/C16H25N3O3S2/c1-4-23-16-19-18-15(24-16)17-13(20)7-8-14(21)22-12-6-5-10(2)11(3)9-12/h10-12H,4-9H2,1-3H3,(H,17,18,20)/t10-,11-,12+/m0/s1. The number of amides is 1. The van der Waals surface area contributed by atoms with Crippen molar-refractivity contribution in [2.24, 2.45) is 11.8 Å². The van der Waals surface area contributed by atoms with Crippen LogP contribution < -0.4 is 5.32 Å². The highest BCUT2D eigenvalue weighted by molar-refractivity contribution is 8.01. The molecule has 2 rings (SSSR count). The first-order chi connectivity index (χ1) is 11.5. The van der Waals surface area contributed by atoms with E-state index in [1.165, 1.54) is 11.3 Å². The zero-order valence-corrected chi connectivity index (χ0v) is 16.0. The molecule has 0 aliphatic heterocycles. The third-order valence-corrected chi connectivity index (χ3v) is 6.18. The molecule has 0 saturated heterocycles. The number of ether oxygens (including phenoxy) is 1. The van der Waals surface area contributed by atoms with Crippen LogP contribution in [-0.2, 0) is 14.3 Å². The van der Waals surface area contributed by atoms with E-state index in [0.717, 1.165) is 29.4 Å². The highest BCUT2D eigenvalue weighted by Gasteiger charge is 2.27. The maximum absolute atomic E-state index is 11.9. The second-order valence-electron chi connectivity index (χ2n) is 6.23. The largest absolute Gasteiger partial charge is 0.462 e. The molecule has 3 atom stereocenters. The zero-order valence-electron chi connectivity index (χ0n) is 14.4. The first-order valence-corrected chi connectivity index (χ1v) is 10.2. The van der Waals surface area contributed by atoms with E-state index in [-0.39, 0.29) is 30.8 Å². The molecule has 1 saturated carbocycles. The Morgan fingerprint density at radius 2 is 2.04 bits per heavy atom. The van der Waals surface area contributed by atoms with Gasteiger partial charge >= 0.3 is 5.97 Å². The minimum atomic E-state index is -0.295. The van der Waals surface area contributed by atoms with Crippen molar-refractivity contribution in [1.82, 2.24) is 10.2 Å². The molecule has 24 heavy (non-hydrogen) atoms. The van der Waals surface area contributed by atoms with Crippen LogP contribution in [0.2, 0.25) is 0 Å². The minimum Gasteiger partial charge on any atom is -0.462 e. The van der Waals surface area contributed by atoms with Gasteiger partial charge in [-0.05, 0) is 36.9 Å². The van der Waals surface area contributed by atoms with Crippen molar-refractivity contribution in [3.05, 3.63) is 0 Å². The molecule has 6 nitrogen and oxygen atoms in total. The van der Waals surface area contributed by atoms with Gasteiger partial charge in [0.2, 0.25) is 11.0 Å². The van der Waals surface area contributed by atoms with Gasteiger partial charge in [0.25, 0.3) is 0 Å². The number of aromatic nitrogens is 2. The molecule has 0 radical (unpaired) electrons. The van der Waals surface area contributed by atoms with Crippen molar-refractivity contribution in [3.63, 3.8) is 0 Å². The highest BCUT2D eigenvalue weighted by atomic mass is 32.2. The maximum atomic E-state index is 11.9. The number of anilines is 1. The van der Waals surface area contributed by atoms with Gasteiger partial charge in [0.1, 0.15) is 6.10 Å². The van der Waals surface area contributed by atoms with E-state index in [4.69, 9.17) is 4.74 Å². The van der Waals surface area contributed by atoms with E-state index in [1.807, 2.05) is 6.92 Å². The van der Waals surface area contributed by atoms with Crippen molar-refractivity contribution in [1.29, 1.82) is 0 Å². The summed E-state index contributed by atoms with van der Waals surface area (Å²) in [5.74, 6) is 1.64. The van der Waals surface area contributed by atoms with Crippen LogP contribution in [0.3, 0.4) is 0 Å². The normalized spacial score (nSPS) is 23.7. The first kappa shape index (κ1) is 19.2. The van der Waals surface area contributed by atoms with E-state index in [9.17, 15) is 9.59 Å². The molecule has 1 amide bonds. The van der Waals surface area contributed by atoms with Gasteiger partial charge in [-0.3, -0.25) is 9.59 Å². The van der Waals surface area contributed by atoms with Gasteiger partial charge in [-0.2, -0.15) is 0 Å². The third-order valence-electron chi connectivity index (χ3n) is 4.32. The summed E-state index contributed by atoms with van der Waals surface area (Å²) in [4.78, 5) is 23.8. The number of hydrogen-bond donors (Lipinski definition) is 1. The number of esters is 1. The van der Waals surface area contributed by atoms with Crippen LogP contribution in [0.5, 0.6) is 0 Å². The molecule has 1 aliphatic rings. The molecule has 0 aromatic carbocycles. The zero-order chi connectivity index (χ0) is 17.5. The Kier molecular flexibility index (Phi) is 7.48. The van der Waals surface area contributed by atoms with Crippen LogP contribution in [0.1, 0.15) is 52.9 Å². The Bertz CT molecular complexity index is 565. The summed E-state index contributed by atoms with van der Waals surface area (Å²) >= 11 is 2.92. The Morgan fingerprint density at radius 1 is 1.25 bits per heavy atom. The summed E-state index contributed by atoms with van der Waals surface area (Å²) in [7, 11) is 0. The first-order valence-electron chi connectivity index (χ1n) is 8.43. The molecule has 1 fully saturated rings. The number of nitrogens with zero attached hydrogens (tertiary/aromatic N) is 2. The molecule has 134 valence electrons. The van der Waals surface area contributed by atoms with Crippen molar-refractivity contribution in [2.45, 2.75) is 63.3 Å². The fraction of sp³-hybridized carbons (Fsp3) is 0.750. The van der Waals surface area contributed by atoms with E-state index >= 15 is 0 Å². The molecule has 1 aromatic rings. The highest BCUT2D eigenvalue weighted by Crippen LogP contribution is 2.31. The predicted molar refractivity (Wildman–Crippen MR) is 96.2 cm³/mol. The topological polar surface area (TPSA) is 81.2 Å². The molecule has 0 unspecified atom stereocenters. The molecule has 8 heteroatoms. The van der Waals surface area contributed by atoms with Gasteiger partial charge in [0.15, 0.2) is 4.34 Å². The maximum Gasteiger partial charge on any atom is 0.306 e. The molecule has 1 aromatic heterocycles. The van der Waals surface area contributed by atoms with Crippen LogP contribution in [0.25, 0.3) is 0 Å². The van der Waals surface area contributed by atoms with Crippen molar-refractivity contribution >= 4 is 40.1 Å². The molecule has 0 spiro atoms. The molecule has 0 bridgehead atoms. The van der Waals surface area contributed by atoms with Crippen molar-refractivity contribution in [2.75, 3.05) is 11.1 Å². The summed E-state index contributed by atoms with van der Waals surface area (Å²) in [5, 5.41) is 11.0. The second-order valence-corrected chi connectivity index (χ2v) is 8.72. The van der Waals surface area contributed by atoms with Crippen molar-refractivity contribution in [3.8, 4) is 0 Å². The lowest BCUT2D eigenvalue weighted by atomic mass is 9.80. The van der Waals surface area contributed by atoms with Crippen molar-refractivity contribution < 1.29 is 14.3 Å². The summed E-state index contributed by atoms with van der Waals surface area (Å²) in [6.07, 6.45) is 3.14. The quantitative estimate of drug-likeness (QED) is 0.447. The average molecular weight is 372 g/mol. The fourth-order valence-electron chi connectivity index (χ4n) is 2.69. The smallest absolute Gasteiger partial charge is 0.306 e. The molecule has 1 heterocycles. The molecule has 1 aliphatic carbocycles. The van der Waals surface area contributed by atoms with Gasteiger partial charge in [-0.1, -0.05) is 43.9 Å². The van der Waals surface area contributed by atoms with Crippen LogP contribution in [0.4, 0.5) is 5.13 Å². The van der Waals surface area contributed by atoms with Gasteiger partial charge < -0.3 is 10.1 Å². The van der Waals surface area contributed by atoms with E-state index in [1.54, 1.807) is 11.8 Å². The molecular formula is C16H25N3O3S2. The van der Waals surface area contributed by atoms with Gasteiger partial charge in [-0.15, -0.1) is 10.2 Å². The lowest BCUT2D eigenvalue weighted by molar-refractivity contribution is -0.152. The Balaban J connectivity index is 1.68. The fourth-order valence-corrected chi connectivity index (χ4v) is 4.35. The number of thioether (sulfide) groups is 1. The summed E-state index contributed by atoms with van der Waals surface area (Å²) in [6, 6.07) is 0. The van der Waals surface area contributed by atoms with Gasteiger partial charge in [0, 0.05) is 6.42 Å². The summed E-state index contributed by atoms with van der Waals surface area (Å²) < 4.78 is 6.33. The summed E-state index contributed by atoms with van der Waals surface area (Å²) in [5.41, 5.74) is 0. The van der Waals surface area contributed by atoms with Gasteiger partial charge in [0.05, 0.1) is 6.42 Å². The third kappa shape index (κ3) is 6.05. The van der Waals surface area contributed by atoms with E-state index < -0.39 is 0 Å². The van der Waals surface area contributed by atoms with Gasteiger partial charge in [-0.25, -0.2) is 0 Å². The predicted octanol–water partition coefficient (Wildman–Crippen LogP) is 3.74. The lowest BCUT2D eigenvalue weighted by Gasteiger charge is -2.31. The molecular weight excluding hydrogens is 346 g/mol. The monoisotopic (exact) mass is 371 g/mol. The van der Waals surface area contributed by atoms with Crippen LogP contribution in [0.15, 0.2) is 4.34 Å². The Morgan fingerprint density at radius 3 is 2.75 bits per heavy atom. The number of nitrogens with one attached hydrogen (secondary N) is 1.